The number of nitrogens with one attached hydrogen (secondary N) is 1. The van der Waals surface area contributed by atoms with Crippen LogP contribution in [0.2, 0.25) is 0 Å². The third kappa shape index (κ3) is 5.58. The number of carbonyl (C=O) groups excluding carboxylic acids is 1. The highest BCUT2D eigenvalue weighted by Gasteiger charge is 2.25. The minimum atomic E-state index is 0.0271. The summed E-state index contributed by atoms with van der Waals surface area (Å²) in [5.41, 5.74) is 9.00. The van der Waals surface area contributed by atoms with E-state index in [2.05, 4.69) is 5.32 Å². The summed E-state index contributed by atoms with van der Waals surface area (Å²) in [4.78, 5) is 12.5. The van der Waals surface area contributed by atoms with Gasteiger partial charge in [0.05, 0.1) is 19.8 Å². The van der Waals surface area contributed by atoms with Gasteiger partial charge in [0.25, 0.3) is 0 Å². The second-order valence-electron chi connectivity index (χ2n) is 6.45. The van der Waals surface area contributed by atoms with Crippen LogP contribution in [0.1, 0.15) is 43.7 Å². The molecule has 3 N–H and O–H groups in total. The summed E-state index contributed by atoms with van der Waals surface area (Å²) in [5, 5.41) is 3.08. The molecule has 0 aliphatic heterocycles. The van der Waals surface area contributed by atoms with Crippen molar-refractivity contribution in [2.75, 3.05) is 25.1 Å². The van der Waals surface area contributed by atoms with Crippen LogP contribution in [0.4, 0.5) is 5.69 Å². The molecule has 5 heteroatoms. The molecule has 1 aromatic carbocycles. The van der Waals surface area contributed by atoms with E-state index >= 15 is 0 Å². The van der Waals surface area contributed by atoms with Crippen LogP contribution in [-0.2, 0) is 20.9 Å². The molecule has 5 nitrogen and oxygen atoms in total. The first-order valence-electron chi connectivity index (χ1n) is 8.92. The molecule has 2 rings (SSSR count). The van der Waals surface area contributed by atoms with Gasteiger partial charge in [0.15, 0.2) is 0 Å². The highest BCUT2D eigenvalue weighted by atomic mass is 16.5. The summed E-state index contributed by atoms with van der Waals surface area (Å²) in [6, 6.07) is 6.08. The van der Waals surface area contributed by atoms with Crippen molar-refractivity contribution in [3.05, 3.63) is 29.3 Å². The fourth-order valence-corrected chi connectivity index (χ4v) is 3.12. The van der Waals surface area contributed by atoms with Gasteiger partial charge in [-0.3, -0.25) is 4.79 Å². The molecule has 0 bridgehead atoms. The van der Waals surface area contributed by atoms with Gasteiger partial charge in [0.2, 0.25) is 5.91 Å². The Morgan fingerprint density at radius 2 is 2.08 bits per heavy atom. The van der Waals surface area contributed by atoms with E-state index in [0.717, 1.165) is 42.5 Å². The van der Waals surface area contributed by atoms with Crippen LogP contribution < -0.4 is 11.1 Å². The number of benzene rings is 1. The van der Waals surface area contributed by atoms with Gasteiger partial charge < -0.3 is 20.5 Å². The summed E-state index contributed by atoms with van der Waals surface area (Å²) < 4.78 is 10.9. The van der Waals surface area contributed by atoms with Crippen molar-refractivity contribution in [3.8, 4) is 0 Å². The zero-order valence-corrected chi connectivity index (χ0v) is 14.8. The maximum absolute atomic E-state index is 12.5. The molecular formula is C19H30N2O3. The van der Waals surface area contributed by atoms with Gasteiger partial charge in [-0.15, -0.1) is 0 Å². The average Bonchev–Trinajstić information content (AvgIpc) is 2.57. The van der Waals surface area contributed by atoms with Crippen molar-refractivity contribution in [1.82, 2.24) is 0 Å². The third-order valence-corrected chi connectivity index (χ3v) is 4.62. The highest BCUT2D eigenvalue weighted by molar-refractivity contribution is 5.93. The largest absolute Gasteiger partial charge is 0.379 e. The molecular weight excluding hydrogens is 304 g/mol. The van der Waals surface area contributed by atoms with Crippen molar-refractivity contribution in [2.24, 2.45) is 11.7 Å². The maximum atomic E-state index is 12.5. The average molecular weight is 334 g/mol. The Hall–Kier alpha value is -1.43. The highest BCUT2D eigenvalue weighted by Crippen LogP contribution is 2.26. The topological polar surface area (TPSA) is 73.6 Å². The molecule has 1 saturated carbocycles. The first-order chi connectivity index (χ1) is 11.6. The lowest BCUT2D eigenvalue weighted by molar-refractivity contribution is -0.120. The Labute approximate surface area is 144 Å². The molecule has 24 heavy (non-hydrogen) atoms. The maximum Gasteiger partial charge on any atom is 0.227 e. The van der Waals surface area contributed by atoms with E-state index < -0.39 is 0 Å². The molecule has 2 atom stereocenters. The molecule has 1 aliphatic carbocycles. The van der Waals surface area contributed by atoms with Crippen LogP contribution in [0.25, 0.3) is 0 Å². The first kappa shape index (κ1) is 18.9. The van der Waals surface area contributed by atoms with E-state index in [0.29, 0.717) is 26.4 Å². The number of rotatable bonds is 8. The Morgan fingerprint density at radius 1 is 1.29 bits per heavy atom. The fourth-order valence-electron chi connectivity index (χ4n) is 3.12. The van der Waals surface area contributed by atoms with Crippen LogP contribution in [0.15, 0.2) is 18.2 Å². The fraction of sp³-hybridized carbons (Fsp3) is 0.632. The van der Waals surface area contributed by atoms with Gasteiger partial charge in [-0.1, -0.05) is 18.6 Å². The minimum Gasteiger partial charge on any atom is -0.379 e. The molecule has 0 heterocycles. The minimum absolute atomic E-state index is 0.0271. The summed E-state index contributed by atoms with van der Waals surface area (Å²) in [6.45, 7) is 6.39. The molecule has 1 aliphatic rings. The van der Waals surface area contributed by atoms with Gasteiger partial charge in [-0.25, -0.2) is 0 Å². The predicted octanol–water partition coefficient (Wildman–Crippen LogP) is 3.00. The smallest absolute Gasteiger partial charge is 0.227 e. The number of anilines is 1. The van der Waals surface area contributed by atoms with Gasteiger partial charge in [0, 0.05) is 24.3 Å². The molecule has 0 radical (unpaired) electrons. The second-order valence-corrected chi connectivity index (χ2v) is 6.45. The lowest BCUT2D eigenvalue weighted by Crippen LogP contribution is -2.34. The molecule has 2 unspecified atom stereocenters. The van der Waals surface area contributed by atoms with Crippen molar-refractivity contribution >= 4 is 11.6 Å². The third-order valence-electron chi connectivity index (χ3n) is 4.62. The van der Waals surface area contributed by atoms with Crippen molar-refractivity contribution < 1.29 is 14.3 Å². The summed E-state index contributed by atoms with van der Waals surface area (Å²) in [7, 11) is 0. The van der Waals surface area contributed by atoms with Crippen molar-refractivity contribution in [3.63, 3.8) is 0 Å². The zero-order chi connectivity index (χ0) is 17.4. The number of hydrogen-bond acceptors (Lipinski definition) is 4. The summed E-state index contributed by atoms with van der Waals surface area (Å²) in [5.74, 6) is 0.113. The van der Waals surface area contributed by atoms with Gasteiger partial charge >= 0.3 is 0 Å². The van der Waals surface area contributed by atoms with Crippen LogP contribution in [0.5, 0.6) is 0 Å². The van der Waals surface area contributed by atoms with E-state index in [1.165, 1.54) is 0 Å². The Kier molecular flexibility index (Phi) is 7.69. The van der Waals surface area contributed by atoms with E-state index in [1.54, 1.807) is 0 Å². The molecule has 1 fully saturated rings. The molecule has 1 amide bonds. The van der Waals surface area contributed by atoms with E-state index in [-0.39, 0.29) is 17.9 Å². The quantitative estimate of drug-likeness (QED) is 0.717. The Balaban J connectivity index is 1.90. The van der Waals surface area contributed by atoms with Crippen molar-refractivity contribution in [2.45, 2.75) is 52.2 Å². The van der Waals surface area contributed by atoms with E-state index in [1.807, 2.05) is 32.0 Å². The summed E-state index contributed by atoms with van der Waals surface area (Å²) in [6.07, 6.45) is 3.77. The van der Waals surface area contributed by atoms with Gasteiger partial charge in [0.1, 0.15) is 0 Å². The zero-order valence-electron chi connectivity index (χ0n) is 14.8. The monoisotopic (exact) mass is 334 g/mol. The summed E-state index contributed by atoms with van der Waals surface area (Å²) >= 11 is 0. The van der Waals surface area contributed by atoms with Gasteiger partial charge in [-0.05, 0) is 50.3 Å². The lowest BCUT2D eigenvalue weighted by Gasteiger charge is -2.26. The second kappa shape index (κ2) is 9.77. The number of nitrogens with two attached hydrogens (primary N) is 1. The van der Waals surface area contributed by atoms with Crippen molar-refractivity contribution in [1.29, 1.82) is 0 Å². The standard InChI is InChI=1S/C19H30N2O3/c1-3-23-10-11-24-13-16-7-5-9-18(14(16)2)21-19(22)15-6-4-8-17(20)12-15/h5,7,9,15,17H,3-4,6,8,10-13,20H2,1-2H3,(H,21,22). The molecule has 0 aromatic heterocycles. The Bertz CT molecular complexity index is 533. The molecule has 0 spiro atoms. The number of hydrogen-bond donors (Lipinski definition) is 2. The molecule has 134 valence electrons. The van der Waals surface area contributed by atoms with Crippen LogP contribution in [0, 0.1) is 12.8 Å². The van der Waals surface area contributed by atoms with Crippen LogP contribution in [-0.4, -0.2) is 31.8 Å². The normalized spacial score (nSPS) is 20.8. The van der Waals surface area contributed by atoms with Crippen LogP contribution >= 0.6 is 0 Å². The molecule has 1 aromatic rings. The van der Waals surface area contributed by atoms with E-state index in [4.69, 9.17) is 15.2 Å². The number of carbonyl (C=O) groups is 1. The first-order valence-corrected chi connectivity index (χ1v) is 8.92. The van der Waals surface area contributed by atoms with Gasteiger partial charge in [-0.2, -0.15) is 0 Å². The predicted molar refractivity (Wildman–Crippen MR) is 95.9 cm³/mol. The number of ether oxygens (including phenoxy) is 2. The molecule has 0 saturated heterocycles. The Morgan fingerprint density at radius 3 is 2.83 bits per heavy atom. The SMILES string of the molecule is CCOCCOCc1cccc(NC(=O)C2CCCC(N)C2)c1C. The van der Waals surface area contributed by atoms with E-state index in [9.17, 15) is 4.79 Å². The lowest BCUT2D eigenvalue weighted by atomic mass is 9.85. The van der Waals surface area contributed by atoms with Crippen LogP contribution in [0.3, 0.4) is 0 Å². The number of amides is 1.